The van der Waals surface area contributed by atoms with Crippen LogP contribution in [0, 0.1) is 0 Å². The van der Waals surface area contributed by atoms with Gasteiger partial charge in [0.1, 0.15) is 5.75 Å². The van der Waals surface area contributed by atoms with Crippen LogP contribution in [-0.4, -0.2) is 38.8 Å². The molecule has 0 saturated carbocycles. The van der Waals surface area contributed by atoms with Gasteiger partial charge in [0.15, 0.2) is 0 Å². The first-order valence-electron chi connectivity index (χ1n) is 9.65. The van der Waals surface area contributed by atoms with E-state index in [1.807, 2.05) is 48.5 Å². The predicted octanol–water partition coefficient (Wildman–Crippen LogP) is 4.18. The minimum absolute atomic E-state index is 0.00210. The number of para-hydroxylation sites is 1. The highest BCUT2D eigenvalue weighted by molar-refractivity contribution is 7.89. The lowest BCUT2D eigenvalue weighted by atomic mass is 10.0. The number of rotatable bonds is 9. The number of nitrogens with one attached hydrogen (secondary N) is 1. The van der Waals surface area contributed by atoms with Gasteiger partial charge in [0.05, 0.1) is 18.6 Å². The zero-order valence-electron chi connectivity index (χ0n) is 17.2. The van der Waals surface area contributed by atoms with Gasteiger partial charge < -0.3 is 10.1 Å². The predicted molar refractivity (Wildman–Crippen MR) is 122 cm³/mol. The summed E-state index contributed by atoms with van der Waals surface area (Å²) in [7, 11) is -2.39. The van der Waals surface area contributed by atoms with E-state index in [1.54, 1.807) is 18.2 Å². The number of methoxy groups -OCH3 is 1. The van der Waals surface area contributed by atoms with Gasteiger partial charge in [-0.15, -0.1) is 6.58 Å². The summed E-state index contributed by atoms with van der Waals surface area (Å²) in [5.74, 6) is 0.104. The summed E-state index contributed by atoms with van der Waals surface area (Å²) < 4.78 is 32.3. The standard InChI is InChI=1S/C24H24N2O4S/c1-3-17-26(31(28,29)21-15-13-20(30-2)14-16-21)18-24(27)25-23-12-8-7-11-22(23)19-9-5-4-6-10-19/h3-16H,1,17-18H2,2H3,(H,25,27). The maximum atomic E-state index is 13.1. The van der Waals surface area contributed by atoms with Crippen molar-refractivity contribution in [3.05, 3.63) is 91.5 Å². The molecule has 0 radical (unpaired) electrons. The van der Waals surface area contributed by atoms with Gasteiger partial charge in [-0.25, -0.2) is 8.42 Å². The molecule has 1 amide bonds. The summed E-state index contributed by atoms with van der Waals surface area (Å²) >= 11 is 0. The third-order valence-corrected chi connectivity index (χ3v) is 6.46. The number of anilines is 1. The van der Waals surface area contributed by atoms with Gasteiger partial charge in [-0.2, -0.15) is 4.31 Å². The van der Waals surface area contributed by atoms with Gasteiger partial charge >= 0.3 is 0 Å². The van der Waals surface area contributed by atoms with Crippen LogP contribution in [0.25, 0.3) is 11.1 Å². The molecular formula is C24H24N2O4S. The molecule has 31 heavy (non-hydrogen) atoms. The van der Waals surface area contributed by atoms with E-state index in [-0.39, 0.29) is 18.0 Å². The van der Waals surface area contributed by atoms with Crippen molar-refractivity contribution in [1.29, 1.82) is 0 Å². The molecule has 0 aliphatic heterocycles. The number of nitrogens with zero attached hydrogens (tertiary/aromatic N) is 1. The van der Waals surface area contributed by atoms with Crippen LogP contribution in [0.4, 0.5) is 5.69 Å². The fraction of sp³-hybridized carbons (Fsp3) is 0.125. The molecule has 3 aromatic rings. The quantitative estimate of drug-likeness (QED) is 0.511. The van der Waals surface area contributed by atoms with E-state index in [9.17, 15) is 13.2 Å². The van der Waals surface area contributed by atoms with Gasteiger partial charge in [0, 0.05) is 17.8 Å². The lowest BCUT2D eigenvalue weighted by Crippen LogP contribution is -2.38. The van der Waals surface area contributed by atoms with Crippen LogP contribution < -0.4 is 10.1 Å². The second-order valence-electron chi connectivity index (χ2n) is 6.72. The van der Waals surface area contributed by atoms with E-state index in [1.165, 1.54) is 25.3 Å². The highest BCUT2D eigenvalue weighted by Gasteiger charge is 2.26. The molecule has 0 saturated heterocycles. The Hall–Kier alpha value is -3.42. The van der Waals surface area contributed by atoms with Crippen molar-refractivity contribution in [1.82, 2.24) is 4.31 Å². The summed E-state index contributed by atoms with van der Waals surface area (Å²) in [6.07, 6.45) is 1.45. The van der Waals surface area contributed by atoms with E-state index < -0.39 is 15.9 Å². The number of carbonyl (C=O) groups is 1. The number of sulfonamides is 1. The van der Waals surface area contributed by atoms with Gasteiger partial charge in [-0.05, 0) is 35.9 Å². The number of benzene rings is 3. The van der Waals surface area contributed by atoms with E-state index in [2.05, 4.69) is 11.9 Å². The molecule has 0 bridgehead atoms. The summed E-state index contributed by atoms with van der Waals surface area (Å²) in [4.78, 5) is 12.9. The highest BCUT2D eigenvalue weighted by Crippen LogP contribution is 2.27. The Morgan fingerprint density at radius 3 is 2.29 bits per heavy atom. The van der Waals surface area contributed by atoms with Gasteiger partial charge in [0.2, 0.25) is 15.9 Å². The summed E-state index contributed by atoms with van der Waals surface area (Å²) in [5, 5.41) is 2.84. The molecule has 0 unspecified atom stereocenters. The molecule has 1 N–H and O–H groups in total. The first kappa shape index (κ1) is 22.3. The van der Waals surface area contributed by atoms with Crippen LogP contribution in [0.15, 0.2) is 96.4 Å². The SMILES string of the molecule is C=CCN(CC(=O)Nc1ccccc1-c1ccccc1)S(=O)(=O)c1ccc(OC)cc1. The van der Waals surface area contributed by atoms with E-state index in [4.69, 9.17) is 4.74 Å². The van der Waals surface area contributed by atoms with Crippen molar-refractivity contribution in [3.63, 3.8) is 0 Å². The number of amides is 1. The molecule has 0 spiro atoms. The Bertz CT molecular complexity index is 1140. The Kier molecular flexibility index (Phi) is 7.23. The van der Waals surface area contributed by atoms with Crippen molar-refractivity contribution in [3.8, 4) is 16.9 Å². The van der Waals surface area contributed by atoms with E-state index >= 15 is 0 Å². The van der Waals surface area contributed by atoms with Crippen LogP contribution in [-0.2, 0) is 14.8 Å². The highest BCUT2D eigenvalue weighted by atomic mass is 32.2. The minimum atomic E-state index is -3.89. The molecule has 7 heteroatoms. The summed E-state index contributed by atoms with van der Waals surface area (Å²) in [6.45, 7) is 3.28. The second-order valence-corrected chi connectivity index (χ2v) is 8.66. The fourth-order valence-corrected chi connectivity index (χ4v) is 4.47. The molecule has 3 rings (SSSR count). The Morgan fingerprint density at radius 1 is 1.00 bits per heavy atom. The average molecular weight is 437 g/mol. The second kappa shape index (κ2) is 10.1. The van der Waals surface area contributed by atoms with Crippen molar-refractivity contribution in [2.75, 3.05) is 25.5 Å². The Balaban J connectivity index is 1.81. The number of ether oxygens (including phenoxy) is 1. The third kappa shape index (κ3) is 5.39. The van der Waals surface area contributed by atoms with Crippen molar-refractivity contribution < 1.29 is 17.9 Å². The van der Waals surface area contributed by atoms with Gasteiger partial charge in [-0.1, -0.05) is 54.6 Å². The molecule has 0 aromatic heterocycles. The fourth-order valence-electron chi connectivity index (χ4n) is 3.10. The number of carbonyl (C=O) groups excluding carboxylic acids is 1. The molecule has 3 aromatic carbocycles. The van der Waals surface area contributed by atoms with Crippen LogP contribution >= 0.6 is 0 Å². The maximum Gasteiger partial charge on any atom is 0.243 e. The Labute approximate surface area is 182 Å². The zero-order chi connectivity index (χ0) is 22.3. The molecule has 160 valence electrons. The normalized spacial score (nSPS) is 11.2. The van der Waals surface area contributed by atoms with Crippen molar-refractivity contribution in [2.45, 2.75) is 4.90 Å². The summed E-state index contributed by atoms with van der Waals surface area (Å²) in [6, 6.07) is 23.1. The lowest BCUT2D eigenvalue weighted by Gasteiger charge is -2.21. The number of hydrogen-bond donors (Lipinski definition) is 1. The van der Waals surface area contributed by atoms with Crippen molar-refractivity contribution in [2.24, 2.45) is 0 Å². The van der Waals surface area contributed by atoms with Crippen LogP contribution in [0.5, 0.6) is 5.75 Å². The van der Waals surface area contributed by atoms with Crippen molar-refractivity contribution >= 4 is 21.6 Å². The Morgan fingerprint density at radius 2 is 1.65 bits per heavy atom. The minimum Gasteiger partial charge on any atom is -0.497 e. The third-order valence-electron chi connectivity index (χ3n) is 4.64. The molecule has 0 atom stereocenters. The van der Waals surface area contributed by atoms with Crippen LogP contribution in [0.2, 0.25) is 0 Å². The molecule has 0 aliphatic carbocycles. The van der Waals surface area contributed by atoms with E-state index in [0.29, 0.717) is 11.4 Å². The smallest absolute Gasteiger partial charge is 0.243 e. The summed E-state index contributed by atoms with van der Waals surface area (Å²) in [5.41, 5.74) is 2.41. The largest absolute Gasteiger partial charge is 0.497 e. The molecule has 6 nitrogen and oxygen atoms in total. The molecule has 0 fully saturated rings. The van der Waals surface area contributed by atoms with E-state index in [0.717, 1.165) is 15.4 Å². The molecular weight excluding hydrogens is 412 g/mol. The van der Waals surface area contributed by atoms with Gasteiger partial charge in [0.25, 0.3) is 0 Å². The molecule has 0 heterocycles. The first-order chi connectivity index (χ1) is 15.0. The van der Waals surface area contributed by atoms with Gasteiger partial charge in [-0.3, -0.25) is 4.79 Å². The van der Waals surface area contributed by atoms with Crippen LogP contribution in [0.1, 0.15) is 0 Å². The number of hydrogen-bond acceptors (Lipinski definition) is 4. The lowest BCUT2D eigenvalue weighted by molar-refractivity contribution is -0.116. The monoisotopic (exact) mass is 436 g/mol. The van der Waals surface area contributed by atoms with Crippen LogP contribution in [0.3, 0.4) is 0 Å². The zero-order valence-corrected chi connectivity index (χ0v) is 18.0. The average Bonchev–Trinajstić information content (AvgIpc) is 2.79. The molecule has 0 aliphatic rings. The maximum absolute atomic E-state index is 13.1. The first-order valence-corrected chi connectivity index (χ1v) is 11.1. The topological polar surface area (TPSA) is 75.7 Å².